The van der Waals surface area contributed by atoms with Gasteiger partial charge < -0.3 is 16.0 Å². The number of hydrogen-bond acceptors (Lipinski definition) is 6. The van der Waals surface area contributed by atoms with E-state index in [1.165, 1.54) is 6.33 Å². The molecule has 0 bridgehead atoms. The average Bonchev–Trinajstić information content (AvgIpc) is 2.82. The van der Waals surface area contributed by atoms with Crippen LogP contribution in [0.15, 0.2) is 91.3 Å². The topological polar surface area (TPSA) is 84.1 Å². The standard InChI is InChI=1S/C26H25N5O/c1-19(32)22-13-8-14-23(15-22)30-25-24(27)26(29-18-28-25)31(16-20-9-4-2-5-10-20)17-21-11-6-3-7-12-21/h2-15,18H,16-17,27H2,1H3,(H,28,29,30). The van der Waals surface area contributed by atoms with Gasteiger partial charge in [0, 0.05) is 24.3 Å². The third-order valence-corrected chi connectivity index (χ3v) is 5.13. The molecule has 0 saturated carbocycles. The van der Waals surface area contributed by atoms with Gasteiger partial charge in [-0.05, 0) is 30.2 Å². The molecule has 0 fully saturated rings. The Labute approximate surface area is 187 Å². The number of benzene rings is 3. The maximum atomic E-state index is 11.7. The minimum Gasteiger partial charge on any atom is -0.393 e. The number of nitrogens with two attached hydrogens (primary N) is 1. The molecule has 3 aromatic carbocycles. The van der Waals surface area contributed by atoms with Crippen molar-refractivity contribution in [3.63, 3.8) is 0 Å². The number of nitrogen functional groups attached to an aromatic ring is 1. The first-order valence-electron chi connectivity index (χ1n) is 10.4. The molecule has 0 unspecified atom stereocenters. The molecule has 0 atom stereocenters. The summed E-state index contributed by atoms with van der Waals surface area (Å²) in [7, 11) is 0. The largest absolute Gasteiger partial charge is 0.393 e. The Morgan fingerprint density at radius 1 is 0.875 bits per heavy atom. The summed E-state index contributed by atoms with van der Waals surface area (Å²) in [6, 6.07) is 27.7. The molecule has 32 heavy (non-hydrogen) atoms. The normalized spacial score (nSPS) is 10.5. The van der Waals surface area contributed by atoms with Crippen molar-refractivity contribution in [3.8, 4) is 0 Å². The van der Waals surface area contributed by atoms with Crippen LogP contribution in [-0.4, -0.2) is 15.8 Å². The lowest BCUT2D eigenvalue weighted by atomic mass is 10.1. The van der Waals surface area contributed by atoms with E-state index < -0.39 is 0 Å². The molecule has 0 amide bonds. The fourth-order valence-electron chi connectivity index (χ4n) is 3.50. The summed E-state index contributed by atoms with van der Waals surface area (Å²) in [6.07, 6.45) is 1.51. The van der Waals surface area contributed by atoms with Gasteiger partial charge in [-0.3, -0.25) is 4.79 Å². The summed E-state index contributed by atoms with van der Waals surface area (Å²) in [4.78, 5) is 22.7. The highest BCUT2D eigenvalue weighted by Crippen LogP contribution is 2.30. The van der Waals surface area contributed by atoms with Crippen molar-refractivity contribution in [2.24, 2.45) is 0 Å². The van der Waals surface area contributed by atoms with Gasteiger partial charge in [0.1, 0.15) is 12.0 Å². The zero-order valence-corrected chi connectivity index (χ0v) is 17.9. The molecule has 4 rings (SSSR count). The number of carbonyl (C=O) groups excluding carboxylic acids is 1. The summed E-state index contributed by atoms with van der Waals surface area (Å²) >= 11 is 0. The first-order valence-corrected chi connectivity index (χ1v) is 10.4. The molecule has 0 aliphatic rings. The molecule has 4 aromatic rings. The summed E-state index contributed by atoms with van der Waals surface area (Å²) in [6.45, 7) is 2.84. The van der Waals surface area contributed by atoms with Crippen LogP contribution in [-0.2, 0) is 13.1 Å². The van der Waals surface area contributed by atoms with E-state index in [-0.39, 0.29) is 5.78 Å². The van der Waals surface area contributed by atoms with Crippen molar-refractivity contribution >= 4 is 28.8 Å². The Bertz CT molecular complexity index is 1150. The van der Waals surface area contributed by atoms with E-state index >= 15 is 0 Å². The minimum absolute atomic E-state index is 0.00176. The Morgan fingerprint density at radius 2 is 1.50 bits per heavy atom. The Hall–Kier alpha value is -4.19. The average molecular weight is 424 g/mol. The minimum atomic E-state index is 0.00176. The van der Waals surface area contributed by atoms with E-state index in [2.05, 4.69) is 44.5 Å². The maximum Gasteiger partial charge on any atom is 0.159 e. The van der Waals surface area contributed by atoms with Gasteiger partial charge in [0.05, 0.1) is 0 Å². The van der Waals surface area contributed by atoms with Crippen LogP contribution in [0.4, 0.5) is 23.0 Å². The zero-order valence-electron chi connectivity index (χ0n) is 17.9. The summed E-state index contributed by atoms with van der Waals surface area (Å²) in [5.41, 5.74) is 10.7. The second kappa shape index (κ2) is 9.75. The van der Waals surface area contributed by atoms with E-state index in [9.17, 15) is 4.79 Å². The molecule has 0 radical (unpaired) electrons. The molecular formula is C26H25N5O. The molecule has 0 aliphatic carbocycles. The van der Waals surface area contributed by atoms with Gasteiger partial charge in [0.25, 0.3) is 0 Å². The lowest BCUT2D eigenvalue weighted by Crippen LogP contribution is -2.24. The summed E-state index contributed by atoms with van der Waals surface area (Å²) in [5.74, 6) is 1.15. The highest BCUT2D eigenvalue weighted by molar-refractivity contribution is 5.95. The number of nitrogens with zero attached hydrogens (tertiary/aromatic N) is 3. The van der Waals surface area contributed by atoms with Crippen LogP contribution in [0.25, 0.3) is 0 Å². The lowest BCUT2D eigenvalue weighted by Gasteiger charge is -2.26. The van der Waals surface area contributed by atoms with Crippen molar-refractivity contribution in [2.75, 3.05) is 16.0 Å². The number of hydrogen-bond donors (Lipinski definition) is 2. The summed E-state index contributed by atoms with van der Waals surface area (Å²) in [5, 5.41) is 3.24. The van der Waals surface area contributed by atoms with Gasteiger partial charge in [-0.25, -0.2) is 9.97 Å². The van der Waals surface area contributed by atoms with Crippen LogP contribution in [0.5, 0.6) is 0 Å². The third kappa shape index (κ3) is 5.10. The van der Waals surface area contributed by atoms with Crippen molar-refractivity contribution < 1.29 is 4.79 Å². The van der Waals surface area contributed by atoms with Gasteiger partial charge in [0.2, 0.25) is 0 Å². The number of aromatic nitrogens is 2. The first-order chi connectivity index (χ1) is 15.6. The van der Waals surface area contributed by atoms with Crippen molar-refractivity contribution in [1.82, 2.24) is 9.97 Å². The zero-order chi connectivity index (χ0) is 22.3. The van der Waals surface area contributed by atoms with Crippen LogP contribution in [0.1, 0.15) is 28.4 Å². The predicted octanol–water partition coefficient (Wildman–Crippen LogP) is 5.21. The molecule has 1 heterocycles. The summed E-state index contributed by atoms with van der Waals surface area (Å²) < 4.78 is 0. The van der Waals surface area contributed by atoms with Crippen molar-refractivity contribution in [2.45, 2.75) is 20.0 Å². The van der Waals surface area contributed by atoms with Gasteiger partial charge in [-0.1, -0.05) is 72.8 Å². The fraction of sp³-hybridized carbons (Fsp3) is 0.115. The highest BCUT2D eigenvalue weighted by atomic mass is 16.1. The number of carbonyl (C=O) groups is 1. The quantitative estimate of drug-likeness (QED) is 0.378. The smallest absolute Gasteiger partial charge is 0.159 e. The Morgan fingerprint density at radius 3 is 2.09 bits per heavy atom. The molecule has 6 nitrogen and oxygen atoms in total. The van der Waals surface area contributed by atoms with Crippen molar-refractivity contribution in [3.05, 3.63) is 108 Å². The molecule has 1 aromatic heterocycles. The van der Waals surface area contributed by atoms with E-state index in [4.69, 9.17) is 5.73 Å². The number of nitrogens with one attached hydrogen (secondary N) is 1. The fourth-order valence-corrected chi connectivity index (χ4v) is 3.50. The maximum absolute atomic E-state index is 11.7. The Balaban J connectivity index is 1.66. The number of Topliss-reactive ketones (excluding diaryl/α,β-unsaturated/α-hetero) is 1. The van der Waals surface area contributed by atoms with Crippen LogP contribution >= 0.6 is 0 Å². The van der Waals surface area contributed by atoms with Crippen LogP contribution < -0.4 is 16.0 Å². The van der Waals surface area contributed by atoms with E-state index in [1.54, 1.807) is 19.1 Å². The number of rotatable bonds is 8. The Kier molecular flexibility index (Phi) is 6.41. The highest BCUT2D eigenvalue weighted by Gasteiger charge is 2.17. The van der Waals surface area contributed by atoms with E-state index in [1.807, 2.05) is 48.5 Å². The second-order valence-electron chi connectivity index (χ2n) is 7.55. The predicted molar refractivity (Wildman–Crippen MR) is 129 cm³/mol. The third-order valence-electron chi connectivity index (χ3n) is 5.13. The van der Waals surface area contributed by atoms with Gasteiger partial charge in [-0.2, -0.15) is 0 Å². The molecule has 0 spiro atoms. The molecule has 6 heteroatoms. The van der Waals surface area contributed by atoms with E-state index in [0.29, 0.717) is 36.0 Å². The lowest BCUT2D eigenvalue weighted by molar-refractivity contribution is 0.101. The SMILES string of the molecule is CC(=O)c1cccc(Nc2ncnc(N(Cc3ccccc3)Cc3ccccc3)c2N)c1. The number of anilines is 4. The molecule has 160 valence electrons. The van der Waals surface area contributed by atoms with E-state index in [0.717, 1.165) is 16.8 Å². The second-order valence-corrected chi connectivity index (χ2v) is 7.55. The molecule has 0 saturated heterocycles. The molecular weight excluding hydrogens is 398 g/mol. The monoisotopic (exact) mass is 423 g/mol. The van der Waals surface area contributed by atoms with Crippen LogP contribution in [0.2, 0.25) is 0 Å². The first kappa shape index (κ1) is 21.1. The number of ketones is 1. The van der Waals surface area contributed by atoms with Gasteiger partial charge in [0.15, 0.2) is 17.4 Å². The van der Waals surface area contributed by atoms with Crippen molar-refractivity contribution in [1.29, 1.82) is 0 Å². The molecule has 3 N–H and O–H groups in total. The van der Waals surface area contributed by atoms with Crippen LogP contribution in [0, 0.1) is 0 Å². The molecule has 0 aliphatic heterocycles. The van der Waals surface area contributed by atoms with Crippen LogP contribution in [0.3, 0.4) is 0 Å². The van der Waals surface area contributed by atoms with Gasteiger partial charge in [-0.15, -0.1) is 0 Å². The van der Waals surface area contributed by atoms with Gasteiger partial charge >= 0.3 is 0 Å².